The third-order valence-corrected chi connectivity index (χ3v) is 5.03. The average Bonchev–Trinajstić information content (AvgIpc) is 3.17. The first-order valence-corrected chi connectivity index (χ1v) is 9.06. The standard InChI is InChI=1S/C19H30N2O2/c1-3-11-23-17-6-5-16(12-18(17)22-4-2)13-21-10-8-19(15-21)7-9-20-14-19/h5-6,12,20H,3-4,7-11,13-15H2,1-2H3. The van der Waals surface area contributed by atoms with Crippen LogP contribution in [0.5, 0.6) is 11.5 Å². The Labute approximate surface area is 140 Å². The zero-order valence-electron chi connectivity index (χ0n) is 14.6. The molecule has 2 saturated heterocycles. The molecule has 2 aliphatic heterocycles. The number of rotatable bonds is 7. The van der Waals surface area contributed by atoms with E-state index in [2.05, 4.69) is 35.3 Å². The van der Waals surface area contributed by atoms with Gasteiger partial charge in [0.2, 0.25) is 0 Å². The summed E-state index contributed by atoms with van der Waals surface area (Å²) >= 11 is 0. The third kappa shape index (κ3) is 3.99. The largest absolute Gasteiger partial charge is 0.490 e. The van der Waals surface area contributed by atoms with E-state index in [0.717, 1.165) is 31.1 Å². The summed E-state index contributed by atoms with van der Waals surface area (Å²) < 4.78 is 11.6. The lowest BCUT2D eigenvalue weighted by Gasteiger charge is -2.23. The number of nitrogens with zero attached hydrogens (tertiary/aromatic N) is 1. The summed E-state index contributed by atoms with van der Waals surface area (Å²) in [5, 5.41) is 3.53. The molecule has 3 rings (SSSR count). The Hall–Kier alpha value is -1.26. The highest BCUT2D eigenvalue weighted by atomic mass is 16.5. The number of likely N-dealkylation sites (tertiary alicyclic amines) is 1. The van der Waals surface area contributed by atoms with Crippen molar-refractivity contribution in [2.45, 2.75) is 39.7 Å². The number of hydrogen-bond acceptors (Lipinski definition) is 4. The molecule has 0 aromatic heterocycles. The molecule has 1 unspecified atom stereocenters. The van der Waals surface area contributed by atoms with Crippen LogP contribution in [-0.4, -0.2) is 44.3 Å². The van der Waals surface area contributed by atoms with Crippen molar-refractivity contribution in [1.29, 1.82) is 0 Å². The van der Waals surface area contributed by atoms with Gasteiger partial charge in [-0.3, -0.25) is 4.90 Å². The van der Waals surface area contributed by atoms with Gasteiger partial charge in [0.05, 0.1) is 13.2 Å². The van der Waals surface area contributed by atoms with Crippen molar-refractivity contribution in [3.8, 4) is 11.5 Å². The third-order valence-electron chi connectivity index (χ3n) is 5.03. The molecular formula is C19H30N2O2. The van der Waals surface area contributed by atoms with Crippen molar-refractivity contribution in [1.82, 2.24) is 10.2 Å². The van der Waals surface area contributed by atoms with Crippen molar-refractivity contribution in [2.75, 3.05) is 39.4 Å². The summed E-state index contributed by atoms with van der Waals surface area (Å²) in [6.07, 6.45) is 3.67. The minimum Gasteiger partial charge on any atom is -0.490 e. The predicted octanol–water partition coefficient (Wildman–Crippen LogP) is 3.06. The SMILES string of the molecule is CCCOc1ccc(CN2CCC3(CCNC3)C2)cc1OCC. The maximum absolute atomic E-state index is 5.79. The molecular weight excluding hydrogens is 288 g/mol. The lowest BCUT2D eigenvalue weighted by molar-refractivity contribution is 0.265. The molecule has 1 aromatic carbocycles. The summed E-state index contributed by atoms with van der Waals surface area (Å²) in [5.74, 6) is 1.75. The van der Waals surface area contributed by atoms with Gasteiger partial charge >= 0.3 is 0 Å². The van der Waals surface area contributed by atoms with Crippen molar-refractivity contribution in [3.05, 3.63) is 23.8 Å². The van der Waals surface area contributed by atoms with Gasteiger partial charge in [0, 0.05) is 19.6 Å². The smallest absolute Gasteiger partial charge is 0.161 e. The predicted molar refractivity (Wildman–Crippen MR) is 93.2 cm³/mol. The maximum Gasteiger partial charge on any atom is 0.161 e. The minimum absolute atomic E-state index is 0.535. The van der Waals surface area contributed by atoms with Crippen LogP contribution in [0.3, 0.4) is 0 Å². The van der Waals surface area contributed by atoms with E-state index in [4.69, 9.17) is 9.47 Å². The Kier molecular flexibility index (Phi) is 5.44. The van der Waals surface area contributed by atoms with Crippen LogP contribution in [0, 0.1) is 5.41 Å². The van der Waals surface area contributed by atoms with Crippen molar-refractivity contribution in [2.24, 2.45) is 5.41 Å². The molecule has 0 saturated carbocycles. The molecule has 0 amide bonds. The van der Waals surface area contributed by atoms with E-state index in [1.54, 1.807) is 0 Å². The van der Waals surface area contributed by atoms with Gasteiger partial charge in [-0.25, -0.2) is 0 Å². The van der Waals surface area contributed by atoms with E-state index in [1.807, 2.05) is 6.92 Å². The van der Waals surface area contributed by atoms with Crippen LogP contribution in [-0.2, 0) is 6.54 Å². The van der Waals surface area contributed by atoms with Crippen molar-refractivity contribution >= 4 is 0 Å². The highest BCUT2D eigenvalue weighted by Crippen LogP contribution is 2.37. The van der Waals surface area contributed by atoms with Gasteiger partial charge in [0.15, 0.2) is 11.5 Å². The highest BCUT2D eigenvalue weighted by Gasteiger charge is 2.40. The van der Waals surface area contributed by atoms with Crippen molar-refractivity contribution in [3.63, 3.8) is 0 Å². The van der Waals surface area contributed by atoms with E-state index in [0.29, 0.717) is 12.0 Å². The Morgan fingerprint density at radius 2 is 2.09 bits per heavy atom. The molecule has 1 atom stereocenters. The first kappa shape index (κ1) is 16.6. The molecule has 0 aliphatic carbocycles. The molecule has 4 nitrogen and oxygen atoms in total. The fourth-order valence-electron chi connectivity index (χ4n) is 3.82. The minimum atomic E-state index is 0.535. The second kappa shape index (κ2) is 7.54. The molecule has 0 radical (unpaired) electrons. The van der Waals surface area contributed by atoms with Gasteiger partial charge in [0.1, 0.15) is 0 Å². The van der Waals surface area contributed by atoms with Crippen LogP contribution < -0.4 is 14.8 Å². The second-order valence-electron chi connectivity index (χ2n) is 6.95. The monoisotopic (exact) mass is 318 g/mol. The van der Waals surface area contributed by atoms with Crippen molar-refractivity contribution < 1.29 is 9.47 Å². The van der Waals surface area contributed by atoms with Gasteiger partial charge < -0.3 is 14.8 Å². The van der Waals surface area contributed by atoms with Gasteiger partial charge in [0.25, 0.3) is 0 Å². The Balaban J connectivity index is 1.64. The van der Waals surface area contributed by atoms with Crippen LogP contribution in [0.15, 0.2) is 18.2 Å². The van der Waals surface area contributed by atoms with E-state index in [9.17, 15) is 0 Å². The summed E-state index contributed by atoms with van der Waals surface area (Å²) in [5.41, 5.74) is 1.85. The van der Waals surface area contributed by atoms with Crippen LogP contribution in [0.1, 0.15) is 38.7 Å². The molecule has 128 valence electrons. The van der Waals surface area contributed by atoms with E-state index in [-0.39, 0.29) is 0 Å². The summed E-state index contributed by atoms with van der Waals surface area (Å²) in [4.78, 5) is 2.59. The van der Waals surface area contributed by atoms with Crippen LogP contribution >= 0.6 is 0 Å². The number of nitrogens with one attached hydrogen (secondary N) is 1. The fraction of sp³-hybridized carbons (Fsp3) is 0.684. The van der Waals surface area contributed by atoms with E-state index < -0.39 is 0 Å². The van der Waals surface area contributed by atoms with E-state index in [1.165, 1.54) is 44.6 Å². The van der Waals surface area contributed by atoms with Gasteiger partial charge in [-0.1, -0.05) is 13.0 Å². The molecule has 2 aliphatic rings. The number of hydrogen-bond donors (Lipinski definition) is 1. The van der Waals surface area contributed by atoms with E-state index >= 15 is 0 Å². The van der Waals surface area contributed by atoms with Gasteiger partial charge in [-0.2, -0.15) is 0 Å². The maximum atomic E-state index is 5.79. The summed E-state index contributed by atoms with van der Waals surface area (Å²) in [7, 11) is 0. The molecule has 23 heavy (non-hydrogen) atoms. The lowest BCUT2D eigenvalue weighted by atomic mass is 9.86. The molecule has 1 spiro atoms. The van der Waals surface area contributed by atoms with Crippen LogP contribution in [0.25, 0.3) is 0 Å². The normalized spacial score (nSPS) is 24.4. The summed E-state index contributed by atoms with van der Waals surface area (Å²) in [6.45, 7) is 11.4. The molecule has 1 N–H and O–H groups in total. The quantitative estimate of drug-likeness (QED) is 0.838. The number of ether oxygens (including phenoxy) is 2. The lowest BCUT2D eigenvalue weighted by Crippen LogP contribution is -2.28. The van der Waals surface area contributed by atoms with Gasteiger partial charge in [-0.15, -0.1) is 0 Å². The Morgan fingerprint density at radius 1 is 1.17 bits per heavy atom. The molecule has 0 bridgehead atoms. The zero-order valence-corrected chi connectivity index (χ0v) is 14.6. The summed E-state index contributed by atoms with van der Waals surface area (Å²) in [6, 6.07) is 6.41. The molecule has 2 heterocycles. The molecule has 2 fully saturated rings. The Bertz CT molecular complexity index is 512. The topological polar surface area (TPSA) is 33.7 Å². The first-order chi connectivity index (χ1) is 11.2. The Morgan fingerprint density at radius 3 is 2.83 bits per heavy atom. The van der Waals surface area contributed by atoms with Crippen LogP contribution in [0.2, 0.25) is 0 Å². The number of benzene rings is 1. The van der Waals surface area contributed by atoms with Crippen LogP contribution in [0.4, 0.5) is 0 Å². The van der Waals surface area contributed by atoms with Gasteiger partial charge in [-0.05, 0) is 62.4 Å². The molecule has 4 heteroatoms. The fourth-order valence-corrected chi connectivity index (χ4v) is 3.82. The molecule has 1 aromatic rings. The average molecular weight is 318 g/mol. The highest BCUT2D eigenvalue weighted by molar-refractivity contribution is 5.43. The zero-order chi connectivity index (χ0) is 16.1. The second-order valence-corrected chi connectivity index (χ2v) is 6.95. The first-order valence-electron chi connectivity index (χ1n) is 9.06.